The van der Waals surface area contributed by atoms with Crippen molar-refractivity contribution in [2.75, 3.05) is 5.32 Å². The van der Waals surface area contributed by atoms with Crippen LogP contribution in [-0.2, 0) is 10.5 Å². The molecular weight excluding hydrogens is 464 g/mol. The van der Waals surface area contributed by atoms with Crippen LogP contribution in [0.15, 0.2) is 87.9 Å². The fourth-order valence-electron chi connectivity index (χ4n) is 3.45. The van der Waals surface area contributed by atoms with Crippen LogP contribution in [0.2, 0.25) is 0 Å². The summed E-state index contributed by atoms with van der Waals surface area (Å²) in [5.74, 6) is 0.615. The van der Waals surface area contributed by atoms with E-state index in [4.69, 9.17) is 4.98 Å². The smallest absolute Gasteiger partial charge is 0.262 e. The van der Waals surface area contributed by atoms with E-state index < -0.39 is 5.25 Å². The highest BCUT2D eigenvalue weighted by atomic mass is 32.2. The van der Waals surface area contributed by atoms with E-state index in [0.29, 0.717) is 16.1 Å². The first-order valence-corrected chi connectivity index (χ1v) is 12.9. The summed E-state index contributed by atoms with van der Waals surface area (Å²) in [6, 6.07) is 20.9. The number of aromatic nitrogens is 3. The van der Waals surface area contributed by atoms with E-state index in [0.717, 1.165) is 22.0 Å². The molecule has 1 amide bonds. The van der Waals surface area contributed by atoms with Crippen LogP contribution >= 0.6 is 23.5 Å². The second kappa shape index (κ2) is 10.9. The first-order valence-electron chi connectivity index (χ1n) is 11.0. The van der Waals surface area contributed by atoms with Crippen molar-refractivity contribution in [3.63, 3.8) is 0 Å². The van der Waals surface area contributed by atoms with Gasteiger partial charge in [0.05, 0.1) is 21.2 Å². The molecule has 0 spiro atoms. The van der Waals surface area contributed by atoms with Gasteiger partial charge in [-0.2, -0.15) is 0 Å². The molecule has 174 valence electrons. The lowest BCUT2D eigenvalue weighted by Gasteiger charge is -2.18. The van der Waals surface area contributed by atoms with Crippen molar-refractivity contribution in [1.29, 1.82) is 0 Å². The fourth-order valence-corrected chi connectivity index (χ4v) is 5.29. The largest absolute Gasteiger partial charge is 0.325 e. The lowest BCUT2D eigenvalue weighted by molar-refractivity contribution is -0.115. The number of nitrogens with zero attached hydrogens (tertiary/aromatic N) is 3. The number of amides is 1. The highest BCUT2D eigenvalue weighted by molar-refractivity contribution is 8.00. The normalized spacial score (nSPS) is 12.1. The first kappa shape index (κ1) is 24.0. The molecule has 4 aromatic rings. The molecule has 2 aromatic carbocycles. The zero-order valence-corrected chi connectivity index (χ0v) is 20.9. The minimum atomic E-state index is -0.440. The van der Waals surface area contributed by atoms with Crippen LogP contribution in [0.25, 0.3) is 10.9 Å². The molecule has 4 rings (SSSR count). The monoisotopic (exact) mass is 490 g/mol. The summed E-state index contributed by atoms with van der Waals surface area (Å²) in [4.78, 5) is 35.0. The van der Waals surface area contributed by atoms with Crippen LogP contribution in [0, 0.1) is 0 Å². The summed E-state index contributed by atoms with van der Waals surface area (Å²) in [6.07, 6.45) is 1.78. The van der Waals surface area contributed by atoms with Gasteiger partial charge in [-0.15, -0.1) is 11.8 Å². The van der Waals surface area contributed by atoms with Gasteiger partial charge in [0.1, 0.15) is 0 Å². The number of pyridine rings is 1. The second-order valence-corrected chi connectivity index (χ2v) is 10.4. The van der Waals surface area contributed by atoms with Gasteiger partial charge in [-0.05, 0) is 62.7 Å². The molecular formula is C26H26N4O2S2. The molecule has 0 unspecified atom stereocenters. The van der Waals surface area contributed by atoms with Crippen molar-refractivity contribution in [1.82, 2.24) is 14.5 Å². The number of para-hydroxylation sites is 1. The highest BCUT2D eigenvalue weighted by Crippen LogP contribution is 2.26. The number of hydrogen-bond acceptors (Lipinski definition) is 6. The number of carbonyl (C=O) groups excluding carboxylic acids is 1. The third-order valence-corrected chi connectivity index (χ3v) is 7.24. The molecule has 6 nitrogen and oxygen atoms in total. The van der Waals surface area contributed by atoms with Crippen molar-refractivity contribution in [3.05, 3.63) is 88.8 Å². The molecule has 0 aliphatic carbocycles. The Hall–Kier alpha value is -3.10. The SMILES string of the molecule is CC(C)n1c(S[C@H](C)C(=O)Nc2cccc(CSc3ccccn3)c2)nc2ccccc2c1=O. The average molecular weight is 491 g/mol. The molecule has 0 saturated heterocycles. The molecule has 0 aliphatic heterocycles. The van der Waals surface area contributed by atoms with Crippen molar-refractivity contribution in [2.45, 2.75) is 48.0 Å². The zero-order chi connectivity index (χ0) is 24.1. The van der Waals surface area contributed by atoms with Crippen LogP contribution < -0.4 is 10.9 Å². The van der Waals surface area contributed by atoms with Gasteiger partial charge in [0.15, 0.2) is 5.16 Å². The maximum Gasteiger partial charge on any atom is 0.262 e. The Morgan fingerprint density at radius 1 is 1.03 bits per heavy atom. The number of anilines is 1. The zero-order valence-electron chi connectivity index (χ0n) is 19.3. The predicted octanol–water partition coefficient (Wildman–Crippen LogP) is 5.78. The Bertz CT molecular complexity index is 1360. The summed E-state index contributed by atoms with van der Waals surface area (Å²) < 4.78 is 1.66. The van der Waals surface area contributed by atoms with Gasteiger partial charge in [-0.3, -0.25) is 14.2 Å². The van der Waals surface area contributed by atoms with Crippen LogP contribution in [0.3, 0.4) is 0 Å². The molecule has 2 heterocycles. The number of nitrogens with one attached hydrogen (secondary N) is 1. The number of fused-ring (bicyclic) bond motifs is 1. The Kier molecular flexibility index (Phi) is 7.70. The lowest BCUT2D eigenvalue weighted by atomic mass is 10.2. The Balaban J connectivity index is 1.47. The first-order chi connectivity index (χ1) is 16.4. The topological polar surface area (TPSA) is 76.9 Å². The fraction of sp³-hybridized carbons (Fsp3) is 0.231. The number of benzene rings is 2. The lowest BCUT2D eigenvalue weighted by Crippen LogP contribution is -2.28. The van der Waals surface area contributed by atoms with Gasteiger partial charge >= 0.3 is 0 Å². The Labute approximate surface area is 207 Å². The van der Waals surface area contributed by atoms with E-state index in [9.17, 15) is 9.59 Å². The van der Waals surface area contributed by atoms with Gasteiger partial charge in [0, 0.05) is 23.7 Å². The molecule has 34 heavy (non-hydrogen) atoms. The number of carbonyl (C=O) groups is 1. The van der Waals surface area contributed by atoms with Crippen LogP contribution in [0.1, 0.15) is 32.4 Å². The summed E-state index contributed by atoms with van der Waals surface area (Å²) >= 11 is 2.94. The van der Waals surface area contributed by atoms with Crippen LogP contribution in [-0.4, -0.2) is 25.7 Å². The van der Waals surface area contributed by atoms with Gasteiger partial charge < -0.3 is 5.32 Å². The molecule has 2 aromatic heterocycles. The minimum absolute atomic E-state index is 0.0735. The van der Waals surface area contributed by atoms with Gasteiger partial charge in [-0.25, -0.2) is 9.97 Å². The third kappa shape index (κ3) is 5.69. The minimum Gasteiger partial charge on any atom is -0.325 e. The van der Waals surface area contributed by atoms with E-state index >= 15 is 0 Å². The van der Waals surface area contributed by atoms with E-state index in [1.165, 1.54) is 11.8 Å². The molecule has 0 fully saturated rings. The molecule has 1 atom stereocenters. The van der Waals surface area contributed by atoms with E-state index in [2.05, 4.69) is 10.3 Å². The number of hydrogen-bond donors (Lipinski definition) is 1. The van der Waals surface area contributed by atoms with Crippen molar-refractivity contribution in [2.24, 2.45) is 0 Å². The van der Waals surface area contributed by atoms with Crippen molar-refractivity contribution in [3.8, 4) is 0 Å². The molecule has 0 radical (unpaired) electrons. The summed E-state index contributed by atoms with van der Waals surface area (Å²) in [7, 11) is 0. The molecule has 0 aliphatic rings. The van der Waals surface area contributed by atoms with Gasteiger partial charge in [0.2, 0.25) is 5.91 Å². The van der Waals surface area contributed by atoms with E-state index in [1.807, 2.05) is 81.4 Å². The number of thioether (sulfide) groups is 2. The number of rotatable bonds is 8. The maximum absolute atomic E-state index is 13.0. The standard InChI is InChI=1S/C26H26N4O2S2/c1-17(2)30-25(32)21-11-4-5-12-22(21)29-26(30)34-18(3)24(31)28-20-10-8-9-19(15-20)16-33-23-13-6-7-14-27-23/h4-15,17-18H,16H2,1-3H3,(H,28,31)/t18-/m1/s1. The van der Waals surface area contributed by atoms with Crippen LogP contribution in [0.5, 0.6) is 0 Å². The average Bonchev–Trinajstić information content (AvgIpc) is 2.83. The summed E-state index contributed by atoms with van der Waals surface area (Å²) in [5, 5.41) is 4.65. The Morgan fingerprint density at radius 3 is 2.59 bits per heavy atom. The van der Waals surface area contributed by atoms with Crippen molar-refractivity contribution < 1.29 is 4.79 Å². The van der Waals surface area contributed by atoms with E-state index in [-0.39, 0.29) is 17.5 Å². The van der Waals surface area contributed by atoms with Crippen LogP contribution in [0.4, 0.5) is 5.69 Å². The molecule has 0 saturated carbocycles. The maximum atomic E-state index is 13.0. The molecule has 1 N–H and O–H groups in total. The highest BCUT2D eigenvalue weighted by Gasteiger charge is 2.21. The van der Waals surface area contributed by atoms with Gasteiger partial charge in [-0.1, -0.05) is 42.1 Å². The second-order valence-electron chi connectivity index (χ2n) is 8.09. The molecule has 8 heteroatoms. The van der Waals surface area contributed by atoms with Crippen molar-refractivity contribution >= 4 is 46.0 Å². The van der Waals surface area contributed by atoms with Gasteiger partial charge in [0.25, 0.3) is 5.56 Å². The Morgan fingerprint density at radius 2 is 1.82 bits per heavy atom. The summed E-state index contributed by atoms with van der Waals surface area (Å²) in [6.45, 7) is 5.72. The summed E-state index contributed by atoms with van der Waals surface area (Å²) in [5.41, 5.74) is 2.38. The van der Waals surface area contributed by atoms with E-state index in [1.54, 1.807) is 28.6 Å². The quantitative estimate of drug-likeness (QED) is 0.249. The predicted molar refractivity (Wildman–Crippen MR) is 141 cm³/mol. The molecule has 0 bridgehead atoms. The third-order valence-electron chi connectivity index (χ3n) is 5.16.